The molecule has 0 spiro atoms. The van der Waals surface area contributed by atoms with Crippen molar-refractivity contribution in [2.45, 2.75) is 57.8 Å². The van der Waals surface area contributed by atoms with Crippen molar-refractivity contribution >= 4 is 30.6 Å². The van der Waals surface area contributed by atoms with E-state index < -0.39 is 14.1 Å². The average Bonchev–Trinajstić information content (AvgIpc) is 2.91. The minimum atomic E-state index is -2.05. The lowest BCUT2D eigenvalue weighted by Crippen LogP contribution is -2.42. The van der Waals surface area contributed by atoms with Gasteiger partial charge in [0.1, 0.15) is 5.75 Å². The van der Waals surface area contributed by atoms with Crippen molar-refractivity contribution in [3.63, 3.8) is 0 Å². The molecule has 8 nitrogen and oxygen atoms in total. The number of anilines is 2. The van der Waals surface area contributed by atoms with E-state index >= 15 is 4.39 Å². The van der Waals surface area contributed by atoms with Gasteiger partial charge in [0.05, 0.1) is 43.7 Å². The molecule has 0 radical (unpaired) electrons. The Balaban J connectivity index is 1.79. The summed E-state index contributed by atoms with van der Waals surface area (Å²) in [6, 6.07) is 8.64. The molecule has 1 saturated heterocycles. The molecule has 212 valence electrons. The molecule has 39 heavy (non-hydrogen) atoms. The van der Waals surface area contributed by atoms with Crippen molar-refractivity contribution in [2.24, 2.45) is 0 Å². The normalized spacial score (nSPS) is 15.0. The number of rotatable bonds is 9. The number of methoxy groups -OCH3 is 2. The number of fused-ring (bicyclic) bond motifs is 1. The monoisotopic (exact) mass is 557 g/mol. The smallest absolute Gasteiger partial charge is 0.261 e. The lowest BCUT2D eigenvalue weighted by molar-refractivity contribution is 0.0685. The first kappa shape index (κ1) is 29.0. The van der Waals surface area contributed by atoms with Gasteiger partial charge in [-0.1, -0.05) is 20.8 Å². The molecule has 0 atom stereocenters. The van der Waals surface area contributed by atoms with Gasteiger partial charge >= 0.3 is 0 Å². The van der Waals surface area contributed by atoms with Crippen molar-refractivity contribution < 1.29 is 23.0 Å². The van der Waals surface area contributed by atoms with Gasteiger partial charge in [-0.2, -0.15) is 0 Å². The molecule has 1 aliphatic heterocycles. The van der Waals surface area contributed by atoms with Gasteiger partial charge in [0.15, 0.2) is 19.9 Å². The molecule has 1 fully saturated rings. The maximum atomic E-state index is 15.7. The zero-order valence-electron chi connectivity index (χ0n) is 24.0. The van der Waals surface area contributed by atoms with Crippen molar-refractivity contribution in [3.05, 3.63) is 52.8 Å². The number of nitrogens with zero attached hydrogens (tertiary/aromatic N) is 3. The predicted molar refractivity (Wildman–Crippen MR) is 155 cm³/mol. The quantitative estimate of drug-likeness (QED) is 0.296. The number of aromatic nitrogens is 2. The van der Waals surface area contributed by atoms with Crippen LogP contribution < -0.4 is 19.9 Å². The maximum absolute atomic E-state index is 15.7. The molecular weight excluding hydrogens is 517 g/mol. The molecule has 3 aromatic rings. The van der Waals surface area contributed by atoms with E-state index in [9.17, 15) is 4.79 Å². The highest BCUT2D eigenvalue weighted by atomic mass is 28.4. The lowest BCUT2D eigenvalue weighted by atomic mass is 10.1. The number of hydrogen-bond donors (Lipinski definition) is 0. The second-order valence-electron chi connectivity index (χ2n) is 11.4. The Labute approximate surface area is 230 Å². The largest absolute Gasteiger partial charge is 0.497 e. The minimum absolute atomic E-state index is 0.0339. The number of ether oxygens (including phenoxy) is 3. The van der Waals surface area contributed by atoms with Crippen LogP contribution in [0.25, 0.3) is 10.9 Å². The molecular formula is C29H40FN3O5Si. The van der Waals surface area contributed by atoms with Crippen LogP contribution in [0.2, 0.25) is 18.1 Å². The summed E-state index contributed by atoms with van der Waals surface area (Å²) in [5, 5.41) is 0.513. The van der Waals surface area contributed by atoms with Crippen LogP contribution in [0.1, 0.15) is 39.7 Å². The van der Waals surface area contributed by atoms with Crippen LogP contribution in [0.15, 0.2) is 41.5 Å². The Kier molecular flexibility index (Phi) is 8.68. The Morgan fingerprint density at radius 1 is 1.13 bits per heavy atom. The summed E-state index contributed by atoms with van der Waals surface area (Å²) in [5.74, 6) is 0.0171. The average molecular weight is 558 g/mol. The van der Waals surface area contributed by atoms with Crippen LogP contribution in [-0.4, -0.2) is 58.5 Å². The van der Waals surface area contributed by atoms with Gasteiger partial charge in [-0.25, -0.2) is 9.37 Å². The molecule has 4 rings (SSSR count). The summed E-state index contributed by atoms with van der Waals surface area (Å²) in [6.45, 7) is 12.9. The van der Waals surface area contributed by atoms with Gasteiger partial charge in [0.2, 0.25) is 0 Å². The highest BCUT2D eigenvalue weighted by molar-refractivity contribution is 6.74. The Bertz CT molecular complexity index is 1370. The summed E-state index contributed by atoms with van der Waals surface area (Å²) in [5.41, 5.74) is 1.40. The summed E-state index contributed by atoms with van der Waals surface area (Å²) in [4.78, 5) is 20.0. The van der Waals surface area contributed by atoms with E-state index in [2.05, 4.69) is 38.8 Å². The van der Waals surface area contributed by atoms with Crippen LogP contribution in [0.5, 0.6) is 11.5 Å². The van der Waals surface area contributed by atoms with Crippen molar-refractivity contribution in [3.8, 4) is 11.5 Å². The van der Waals surface area contributed by atoms with E-state index in [1.165, 1.54) is 20.3 Å². The van der Waals surface area contributed by atoms with Crippen molar-refractivity contribution in [1.29, 1.82) is 0 Å². The van der Waals surface area contributed by atoms with E-state index in [1.807, 2.05) is 11.0 Å². The molecule has 1 aromatic heterocycles. The van der Waals surface area contributed by atoms with E-state index in [0.717, 1.165) is 12.8 Å². The molecule has 0 N–H and O–H groups in total. The fraction of sp³-hybridized carbons (Fsp3) is 0.517. The van der Waals surface area contributed by atoms with Crippen molar-refractivity contribution in [2.75, 3.05) is 45.5 Å². The standard InChI is InChI=1S/C29H40FN3O5Si/c1-29(2,3)39(6,7)38-15-12-32(25-17-22(35-4)18-26(36-5)27(25)30)21-8-9-24-23(16-21)28(34)33(19-31-24)20-10-13-37-14-11-20/h8-9,16-20H,10-15H2,1-7H3. The molecule has 0 aliphatic carbocycles. The van der Waals surface area contributed by atoms with E-state index in [-0.39, 0.29) is 28.1 Å². The number of halogens is 1. The number of hydrogen-bond acceptors (Lipinski definition) is 7. The zero-order valence-corrected chi connectivity index (χ0v) is 25.0. The molecule has 0 bridgehead atoms. The Morgan fingerprint density at radius 2 is 1.85 bits per heavy atom. The summed E-state index contributed by atoms with van der Waals surface area (Å²) in [7, 11) is 0.908. The fourth-order valence-electron chi connectivity index (χ4n) is 4.53. The first-order chi connectivity index (χ1) is 18.5. The van der Waals surface area contributed by atoms with Crippen LogP contribution >= 0.6 is 0 Å². The van der Waals surface area contributed by atoms with Crippen LogP contribution in [0.3, 0.4) is 0 Å². The fourth-order valence-corrected chi connectivity index (χ4v) is 5.57. The number of benzene rings is 2. The van der Waals surface area contributed by atoms with Gasteiger partial charge in [-0.3, -0.25) is 9.36 Å². The Hall–Kier alpha value is -2.95. The first-order valence-electron chi connectivity index (χ1n) is 13.4. The van der Waals surface area contributed by atoms with Crippen molar-refractivity contribution in [1.82, 2.24) is 9.55 Å². The first-order valence-corrected chi connectivity index (χ1v) is 16.3. The second kappa shape index (κ2) is 11.7. The summed E-state index contributed by atoms with van der Waals surface area (Å²) < 4.78 is 40.1. The van der Waals surface area contributed by atoms with Gasteiger partial charge in [0.25, 0.3) is 5.56 Å². The zero-order chi connectivity index (χ0) is 28.4. The Morgan fingerprint density at radius 3 is 2.49 bits per heavy atom. The highest BCUT2D eigenvalue weighted by Gasteiger charge is 2.37. The molecule has 1 aliphatic rings. The van der Waals surface area contributed by atoms with Gasteiger partial charge in [0, 0.05) is 43.6 Å². The highest BCUT2D eigenvalue weighted by Crippen LogP contribution is 2.39. The lowest BCUT2D eigenvalue weighted by Gasteiger charge is -2.37. The van der Waals surface area contributed by atoms with Crippen LogP contribution in [-0.2, 0) is 9.16 Å². The van der Waals surface area contributed by atoms with E-state index in [1.54, 1.807) is 29.1 Å². The summed E-state index contributed by atoms with van der Waals surface area (Å²) in [6.07, 6.45) is 3.15. The van der Waals surface area contributed by atoms with E-state index in [0.29, 0.717) is 48.7 Å². The third-order valence-corrected chi connectivity index (χ3v) is 12.5. The topological polar surface area (TPSA) is 75.1 Å². The third kappa shape index (κ3) is 6.13. The predicted octanol–water partition coefficient (Wildman–Crippen LogP) is 6.06. The van der Waals surface area contributed by atoms with Gasteiger partial charge in [-0.15, -0.1) is 0 Å². The SMILES string of the molecule is COc1cc(OC)c(F)c(N(CCO[Si](C)(C)C(C)(C)C)c2ccc3ncn(C4CCOCC4)c(=O)c3c2)c1. The van der Waals surface area contributed by atoms with Gasteiger partial charge in [-0.05, 0) is 49.2 Å². The summed E-state index contributed by atoms with van der Waals surface area (Å²) >= 11 is 0. The molecule has 0 amide bonds. The minimum Gasteiger partial charge on any atom is -0.497 e. The second-order valence-corrected chi connectivity index (χ2v) is 16.2. The molecule has 0 unspecified atom stereocenters. The molecule has 2 heterocycles. The molecule has 10 heteroatoms. The van der Waals surface area contributed by atoms with E-state index in [4.69, 9.17) is 18.6 Å². The molecule has 0 saturated carbocycles. The maximum Gasteiger partial charge on any atom is 0.261 e. The van der Waals surface area contributed by atoms with Gasteiger partial charge < -0.3 is 23.5 Å². The molecule has 2 aromatic carbocycles. The van der Waals surface area contributed by atoms with Crippen LogP contribution in [0, 0.1) is 5.82 Å². The third-order valence-electron chi connectivity index (χ3n) is 7.99. The van der Waals surface area contributed by atoms with Crippen LogP contribution in [0.4, 0.5) is 15.8 Å².